The summed E-state index contributed by atoms with van der Waals surface area (Å²) in [5.74, 6) is -1.02. The number of anilines is 1. The Labute approximate surface area is 107 Å². The van der Waals surface area contributed by atoms with Gasteiger partial charge in [-0.1, -0.05) is 25.1 Å². The summed E-state index contributed by atoms with van der Waals surface area (Å²) in [5.41, 5.74) is 1.44. The van der Waals surface area contributed by atoms with Gasteiger partial charge in [0.25, 0.3) is 0 Å². The number of para-hydroxylation sites is 1. The molecule has 100 valence electrons. The molecule has 1 N–H and O–H groups in total. The molecular formula is C12H17NO4S. The Bertz CT molecular complexity index is 525. The highest BCUT2D eigenvalue weighted by Crippen LogP contribution is 2.23. The summed E-state index contributed by atoms with van der Waals surface area (Å²) in [5, 5.41) is 8.68. The molecule has 0 atom stereocenters. The summed E-state index contributed by atoms with van der Waals surface area (Å²) >= 11 is 0. The number of aryl methyl sites for hydroxylation is 1. The standard InChI is InChI=1S/C12H17NO4S/c1-3-10-6-4-5-7-11(10)13(18(2,16)17)9-8-12(14)15/h4-7H,3,8-9H2,1-2H3,(H,14,15). The van der Waals surface area contributed by atoms with E-state index in [0.29, 0.717) is 12.1 Å². The van der Waals surface area contributed by atoms with Gasteiger partial charge in [-0.05, 0) is 18.1 Å². The predicted molar refractivity (Wildman–Crippen MR) is 70.3 cm³/mol. The fourth-order valence-corrected chi connectivity index (χ4v) is 2.67. The number of aliphatic carboxylic acids is 1. The van der Waals surface area contributed by atoms with Crippen LogP contribution in [-0.2, 0) is 21.2 Å². The number of hydrogen-bond donors (Lipinski definition) is 1. The van der Waals surface area contributed by atoms with Crippen molar-refractivity contribution in [1.82, 2.24) is 0 Å². The fourth-order valence-electron chi connectivity index (χ4n) is 1.72. The molecule has 6 heteroatoms. The first-order valence-electron chi connectivity index (χ1n) is 5.63. The summed E-state index contributed by atoms with van der Waals surface area (Å²) in [6, 6.07) is 7.11. The van der Waals surface area contributed by atoms with Crippen molar-refractivity contribution in [3.63, 3.8) is 0 Å². The Kier molecular flexibility index (Phi) is 4.72. The molecule has 5 nitrogen and oxygen atoms in total. The molecule has 1 rings (SSSR count). The van der Waals surface area contributed by atoms with Gasteiger partial charge in [-0.15, -0.1) is 0 Å². The molecule has 0 spiro atoms. The number of carboxylic acids is 1. The van der Waals surface area contributed by atoms with Crippen LogP contribution in [0.1, 0.15) is 18.9 Å². The second-order valence-corrected chi connectivity index (χ2v) is 5.87. The van der Waals surface area contributed by atoms with E-state index in [9.17, 15) is 13.2 Å². The monoisotopic (exact) mass is 271 g/mol. The van der Waals surface area contributed by atoms with Crippen LogP contribution in [0.3, 0.4) is 0 Å². The minimum atomic E-state index is -3.48. The molecule has 0 heterocycles. The minimum Gasteiger partial charge on any atom is -0.481 e. The van der Waals surface area contributed by atoms with Gasteiger partial charge in [-0.3, -0.25) is 9.10 Å². The minimum absolute atomic E-state index is 0.0504. The molecule has 1 aromatic rings. The van der Waals surface area contributed by atoms with E-state index in [2.05, 4.69) is 0 Å². The van der Waals surface area contributed by atoms with Gasteiger partial charge in [-0.25, -0.2) is 8.42 Å². The van der Waals surface area contributed by atoms with E-state index >= 15 is 0 Å². The molecule has 0 bridgehead atoms. The van der Waals surface area contributed by atoms with Crippen LogP contribution < -0.4 is 4.31 Å². The zero-order valence-corrected chi connectivity index (χ0v) is 11.3. The summed E-state index contributed by atoms with van der Waals surface area (Å²) in [6.07, 6.45) is 1.56. The lowest BCUT2D eigenvalue weighted by Gasteiger charge is -2.24. The lowest BCUT2D eigenvalue weighted by Crippen LogP contribution is -2.32. The van der Waals surface area contributed by atoms with E-state index in [4.69, 9.17) is 5.11 Å². The molecule has 0 aliphatic carbocycles. The van der Waals surface area contributed by atoms with Crippen LogP contribution in [0.4, 0.5) is 5.69 Å². The van der Waals surface area contributed by atoms with Gasteiger partial charge < -0.3 is 5.11 Å². The van der Waals surface area contributed by atoms with E-state index in [1.165, 1.54) is 0 Å². The molecule has 0 unspecified atom stereocenters. The fraction of sp³-hybridized carbons (Fsp3) is 0.417. The zero-order valence-electron chi connectivity index (χ0n) is 10.5. The van der Waals surface area contributed by atoms with E-state index in [-0.39, 0.29) is 13.0 Å². The molecular weight excluding hydrogens is 254 g/mol. The number of carbonyl (C=O) groups is 1. The Balaban J connectivity index is 3.14. The first-order chi connectivity index (χ1) is 8.36. The van der Waals surface area contributed by atoms with Crippen LogP contribution in [-0.4, -0.2) is 32.3 Å². The van der Waals surface area contributed by atoms with E-state index in [1.54, 1.807) is 12.1 Å². The highest BCUT2D eigenvalue weighted by Gasteiger charge is 2.20. The quantitative estimate of drug-likeness (QED) is 0.850. The zero-order chi connectivity index (χ0) is 13.8. The number of hydrogen-bond acceptors (Lipinski definition) is 3. The van der Waals surface area contributed by atoms with E-state index < -0.39 is 16.0 Å². The Morgan fingerprint density at radius 3 is 2.44 bits per heavy atom. The molecule has 0 saturated carbocycles. The maximum absolute atomic E-state index is 11.7. The third-order valence-corrected chi connectivity index (χ3v) is 3.75. The smallest absolute Gasteiger partial charge is 0.305 e. The molecule has 0 aliphatic rings. The second-order valence-electron chi connectivity index (χ2n) is 3.96. The van der Waals surface area contributed by atoms with Gasteiger partial charge in [0.15, 0.2) is 0 Å². The summed E-state index contributed by atoms with van der Waals surface area (Å²) < 4.78 is 24.6. The van der Waals surface area contributed by atoms with Crippen LogP contribution in [0.15, 0.2) is 24.3 Å². The highest BCUT2D eigenvalue weighted by atomic mass is 32.2. The molecule has 0 amide bonds. The van der Waals surface area contributed by atoms with Crippen LogP contribution in [0.2, 0.25) is 0 Å². The van der Waals surface area contributed by atoms with Crippen LogP contribution in [0.25, 0.3) is 0 Å². The maximum Gasteiger partial charge on any atom is 0.305 e. The maximum atomic E-state index is 11.7. The van der Waals surface area contributed by atoms with Gasteiger partial charge >= 0.3 is 5.97 Å². The Hall–Kier alpha value is -1.56. The van der Waals surface area contributed by atoms with Crippen LogP contribution in [0.5, 0.6) is 0 Å². The molecule has 0 fully saturated rings. The summed E-state index contributed by atoms with van der Waals surface area (Å²) in [7, 11) is -3.48. The van der Waals surface area contributed by atoms with Crippen molar-refractivity contribution in [1.29, 1.82) is 0 Å². The number of nitrogens with zero attached hydrogens (tertiary/aromatic N) is 1. The number of sulfonamides is 1. The topological polar surface area (TPSA) is 74.7 Å². The lowest BCUT2D eigenvalue weighted by atomic mass is 10.1. The third-order valence-electron chi connectivity index (χ3n) is 2.57. The Morgan fingerprint density at radius 1 is 1.33 bits per heavy atom. The molecule has 0 radical (unpaired) electrons. The number of carboxylic acid groups (broad SMARTS) is 1. The van der Waals surface area contributed by atoms with Crippen molar-refractivity contribution >= 4 is 21.7 Å². The second kappa shape index (κ2) is 5.86. The van der Waals surface area contributed by atoms with Crippen LogP contribution in [0, 0.1) is 0 Å². The van der Waals surface area contributed by atoms with Crippen molar-refractivity contribution in [3.8, 4) is 0 Å². The normalized spacial score (nSPS) is 11.2. The summed E-state index contributed by atoms with van der Waals surface area (Å²) in [6.45, 7) is 1.88. The van der Waals surface area contributed by atoms with Gasteiger partial charge in [0, 0.05) is 6.54 Å². The molecule has 0 saturated heterocycles. The molecule has 18 heavy (non-hydrogen) atoms. The third kappa shape index (κ3) is 3.73. The Morgan fingerprint density at radius 2 is 1.94 bits per heavy atom. The van der Waals surface area contributed by atoms with Crippen molar-refractivity contribution in [2.45, 2.75) is 19.8 Å². The van der Waals surface area contributed by atoms with Gasteiger partial charge in [0.2, 0.25) is 10.0 Å². The van der Waals surface area contributed by atoms with Crippen LogP contribution >= 0.6 is 0 Å². The lowest BCUT2D eigenvalue weighted by molar-refractivity contribution is -0.136. The number of rotatable bonds is 6. The first kappa shape index (κ1) is 14.5. The van der Waals surface area contributed by atoms with Crippen molar-refractivity contribution in [2.24, 2.45) is 0 Å². The number of benzene rings is 1. The highest BCUT2D eigenvalue weighted by molar-refractivity contribution is 7.92. The molecule has 0 aromatic heterocycles. The van der Waals surface area contributed by atoms with Gasteiger partial charge in [0.1, 0.15) is 0 Å². The first-order valence-corrected chi connectivity index (χ1v) is 7.48. The SMILES string of the molecule is CCc1ccccc1N(CCC(=O)O)S(C)(=O)=O. The average Bonchev–Trinajstić information content (AvgIpc) is 2.27. The molecule has 1 aromatic carbocycles. The molecule has 0 aliphatic heterocycles. The average molecular weight is 271 g/mol. The van der Waals surface area contributed by atoms with Crippen molar-refractivity contribution < 1.29 is 18.3 Å². The largest absolute Gasteiger partial charge is 0.481 e. The van der Waals surface area contributed by atoms with Gasteiger partial charge in [-0.2, -0.15) is 0 Å². The predicted octanol–water partition coefficient (Wildman–Crippen LogP) is 1.49. The van der Waals surface area contributed by atoms with Crippen molar-refractivity contribution in [3.05, 3.63) is 29.8 Å². The summed E-state index contributed by atoms with van der Waals surface area (Å²) in [4.78, 5) is 10.6. The van der Waals surface area contributed by atoms with Gasteiger partial charge in [0.05, 0.1) is 18.4 Å². The van der Waals surface area contributed by atoms with E-state index in [1.807, 2.05) is 19.1 Å². The van der Waals surface area contributed by atoms with E-state index in [0.717, 1.165) is 16.1 Å². The van der Waals surface area contributed by atoms with Crippen molar-refractivity contribution in [2.75, 3.05) is 17.1 Å².